The third kappa shape index (κ3) is 5.99. The second kappa shape index (κ2) is 12.6. The summed E-state index contributed by atoms with van der Waals surface area (Å²) in [6.45, 7) is 2.47. The van der Waals surface area contributed by atoms with Crippen molar-refractivity contribution in [3.05, 3.63) is 81.5 Å². The molecule has 5 rings (SSSR count). The molecule has 0 bridgehead atoms. The summed E-state index contributed by atoms with van der Waals surface area (Å²) in [5.74, 6) is -0.00661. The highest BCUT2D eigenvalue weighted by atomic mass is 35.5. The Morgan fingerprint density at radius 3 is 2.52 bits per heavy atom. The number of ether oxygens (including phenoxy) is 4. The van der Waals surface area contributed by atoms with E-state index >= 15 is 4.39 Å². The second-order valence-corrected chi connectivity index (χ2v) is 10.2. The third-order valence-electron chi connectivity index (χ3n) is 6.71. The molecule has 1 aliphatic heterocycles. The average molecular weight is 587 g/mol. The molecule has 0 amide bonds. The van der Waals surface area contributed by atoms with E-state index in [0.29, 0.717) is 44.6 Å². The summed E-state index contributed by atoms with van der Waals surface area (Å²) in [6, 6.07) is 8.92. The lowest BCUT2D eigenvalue weighted by atomic mass is 10.1. The fourth-order valence-corrected chi connectivity index (χ4v) is 5.44. The van der Waals surface area contributed by atoms with Crippen LogP contribution in [0.3, 0.4) is 0 Å². The Kier molecular flexibility index (Phi) is 8.97. The van der Waals surface area contributed by atoms with Gasteiger partial charge in [-0.3, -0.25) is 9.97 Å². The van der Waals surface area contributed by atoms with Crippen molar-refractivity contribution in [3.63, 3.8) is 0 Å². The number of aromatic nitrogens is 4. The molecule has 1 aliphatic rings. The number of methoxy groups -OCH3 is 2. The van der Waals surface area contributed by atoms with Gasteiger partial charge < -0.3 is 18.9 Å². The molecule has 11 heteroatoms. The predicted molar refractivity (Wildman–Crippen MR) is 152 cm³/mol. The zero-order valence-electron chi connectivity index (χ0n) is 22.3. The molecule has 2 atom stereocenters. The number of benzene rings is 1. The van der Waals surface area contributed by atoms with Crippen LogP contribution in [0.1, 0.15) is 67.3 Å². The van der Waals surface area contributed by atoms with Crippen LogP contribution in [0.25, 0.3) is 22.8 Å². The number of fused-ring (bicyclic) bond motifs is 1. The van der Waals surface area contributed by atoms with Crippen molar-refractivity contribution in [3.8, 4) is 5.75 Å². The van der Waals surface area contributed by atoms with Gasteiger partial charge in [-0.05, 0) is 62.1 Å². The first-order chi connectivity index (χ1) is 19.4. The van der Waals surface area contributed by atoms with Gasteiger partial charge in [-0.25, -0.2) is 9.07 Å². The predicted octanol–water partition coefficient (Wildman–Crippen LogP) is 7.73. The average Bonchev–Trinajstić information content (AvgIpc) is 3.34. The van der Waals surface area contributed by atoms with Crippen LogP contribution in [0.4, 0.5) is 4.39 Å². The van der Waals surface area contributed by atoms with Gasteiger partial charge in [-0.2, -0.15) is 5.10 Å². The van der Waals surface area contributed by atoms with Gasteiger partial charge in [0.25, 0.3) is 0 Å². The molecule has 0 aliphatic carbocycles. The number of halogens is 3. The monoisotopic (exact) mass is 586 g/mol. The van der Waals surface area contributed by atoms with Gasteiger partial charge >= 0.3 is 0 Å². The summed E-state index contributed by atoms with van der Waals surface area (Å²) in [6.07, 6.45) is 7.42. The van der Waals surface area contributed by atoms with Crippen LogP contribution in [-0.2, 0) is 14.2 Å². The summed E-state index contributed by atoms with van der Waals surface area (Å²) >= 11 is 12.7. The summed E-state index contributed by atoms with van der Waals surface area (Å²) in [5, 5.41) is 6.06. The number of nitrogens with zero attached hydrogens (tertiary/aromatic N) is 4. The minimum atomic E-state index is -0.601. The molecule has 4 heterocycles. The first kappa shape index (κ1) is 28.4. The SMILES string of the molecule is COC(OC)c1ccc(C=C(F)c2nn(C3CCCCO3)c3ccc(OC(C)c4c(Cl)cncc4Cl)cc23)cn1. The van der Waals surface area contributed by atoms with Crippen LogP contribution in [0.2, 0.25) is 10.0 Å². The molecule has 1 fully saturated rings. The first-order valence-corrected chi connectivity index (χ1v) is 13.6. The standard InChI is InChI=1S/C29H29Cl2FN4O4/c1-17(27-21(30)15-33-16-22(27)31)40-19-8-10-25-20(13-19)28(35-36(25)26-6-4-5-11-39-26)23(32)12-18-7-9-24(34-14-18)29(37-2)38-3/h7-10,12-17,26,29H,4-6,11H2,1-3H3. The second-order valence-electron chi connectivity index (χ2n) is 9.38. The topological polar surface area (TPSA) is 80.5 Å². The quantitative estimate of drug-likeness (QED) is 0.185. The highest BCUT2D eigenvalue weighted by Crippen LogP contribution is 2.37. The Balaban J connectivity index is 1.52. The van der Waals surface area contributed by atoms with Crippen molar-refractivity contribution in [2.75, 3.05) is 20.8 Å². The molecule has 1 aromatic carbocycles. The lowest BCUT2D eigenvalue weighted by molar-refractivity contribution is -0.108. The maximum absolute atomic E-state index is 15.9. The molecular formula is C29H29Cl2FN4O4. The van der Waals surface area contributed by atoms with Crippen molar-refractivity contribution in [2.45, 2.75) is 44.8 Å². The van der Waals surface area contributed by atoms with Gasteiger partial charge in [0.05, 0.1) is 21.3 Å². The molecule has 1 saturated heterocycles. The molecule has 4 aromatic rings. The minimum absolute atomic E-state index is 0.179. The van der Waals surface area contributed by atoms with Gasteiger partial charge in [0.1, 0.15) is 17.5 Å². The lowest BCUT2D eigenvalue weighted by Gasteiger charge is -2.23. The molecule has 0 N–H and O–H groups in total. The van der Waals surface area contributed by atoms with Crippen LogP contribution < -0.4 is 4.74 Å². The molecule has 0 spiro atoms. The maximum Gasteiger partial charge on any atom is 0.200 e. The van der Waals surface area contributed by atoms with Crippen molar-refractivity contribution in [2.24, 2.45) is 0 Å². The highest BCUT2D eigenvalue weighted by Gasteiger charge is 2.24. The van der Waals surface area contributed by atoms with Gasteiger partial charge in [0.15, 0.2) is 12.1 Å². The van der Waals surface area contributed by atoms with E-state index in [1.54, 1.807) is 29.1 Å². The van der Waals surface area contributed by atoms with Crippen LogP contribution in [-0.4, -0.2) is 40.6 Å². The Hall–Kier alpha value is -3.08. The van der Waals surface area contributed by atoms with E-state index in [0.717, 1.165) is 24.8 Å². The Labute approximate surface area is 241 Å². The van der Waals surface area contributed by atoms with E-state index in [4.69, 9.17) is 42.1 Å². The molecule has 2 unspecified atom stereocenters. The zero-order chi connectivity index (χ0) is 28.2. The fraction of sp³-hybridized carbons (Fsp3) is 0.345. The van der Waals surface area contributed by atoms with Gasteiger partial charge in [0, 0.05) is 50.4 Å². The van der Waals surface area contributed by atoms with Crippen molar-refractivity contribution >= 4 is 46.0 Å². The Morgan fingerprint density at radius 2 is 1.88 bits per heavy atom. The summed E-state index contributed by atoms with van der Waals surface area (Å²) < 4.78 is 40.3. The number of hydrogen-bond donors (Lipinski definition) is 0. The van der Waals surface area contributed by atoms with E-state index in [1.807, 2.05) is 19.1 Å². The summed E-state index contributed by atoms with van der Waals surface area (Å²) in [5.41, 5.74) is 2.68. The smallest absolute Gasteiger partial charge is 0.200 e. The Morgan fingerprint density at radius 1 is 1.10 bits per heavy atom. The number of pyridine rings is 2. The van der Waals surface area contributed by atoms with Crippen LogP contribution in [0.5, 0.6) is 5.75 Å². The van der Waals surface area contributed by atoms with Crippen molar-refractivity contribution in [1.82, 2.24) is 19.7 Å². The molecule has 0 saturated carbocycles. The highest BCUT2D eigenvalue weighted by molar-refractivity contribution is 6.35. The minimum Gasteiger partial charge on any atom is -0.486 e. The zero-order valence-corrected chi connectivity index (χ0v) is 23.8. The normalized spacial score (nSPS) is 17.0. The van der Waals surface area contributed by atoms with Crippen LogP contribution in [0, 0.1) is 0 Å². The molecule has 40 heavy (non-hydrogen) atoms. The largest absolute Gasteiger partial charge is 0.486 e. The Bertz CT molecular complexity index is 1480. The van der Waals surface area contributed by atoms with E-state index in [9.17, 15) is 0 Å². The fourth-order valence-electron chi connectivity index (χ4n) is 4.77. The molecule has 210 valence electrons. The molecular weight excluding hydrogens is 558 g/mol. The van der Waals surface area contributed by atoms with E-state index < -0.39 is 18.2 Å². The summed E-state index contributed by atoms with van der Waals surface area (Å²) in [4.78, 5) is 8.35. The lowest BCUT2D eigenvalue weighted by Crippen LogP contribution is -2.19. The van der Waals surface area contributed by atoms with Gasteiger partial charge in [0.2, 0.25) is 6.29 Å². The van der Waals surface area contributed by atoms with Crippen LogP contribution in [0.15, 0.2) is 48.9 Å². The van der Waals surface area contributed by atoms with Crippen molar-refractivity contribution < 1.29 is 23.3 Å². The molecule has 0 radical (unpaired) electrons. The maximum atomic E-state index is 15.9. The van der Waals surface area contributed by atoms with Crippen LogP contribution >= 0.6 is 23.2 Å². The summed E-state index contributed by atoms with van der Waals surface area (Å²) in [7, 11) is 3.06. The van der Waals surface area contributed by atoms with E-state index in [2.05, 4.69) is 15.1 Å². The third-order valence-corrected chi connectivity index (χ3v) is 7.32. The number of hydrogen-bond acceptors (Lipinski definition) is 7. The first-order valence-electron chi connectivity index (χ1n) is 12.9. The van der Waals surface area contributed by atoms with Gasteiger partial charge in [-0.1, -0.05) is 29.3 Å². The van der Waals surface area contributed by atoms with Gasteiger partial charge in [-0.15, -0.1) is 0 Å². The van der Waals surface area contributed by atoms with E-state index in [1.165, 1.54) is 32.7 Å². The number of rotatable bonds is 9. The molecule has 8 nitrogen and oxygen atoms in total. The van der Waals surface area contributed by atoms with E-state index in [-0.39, 0.29) is 11.9 Å². The van der Waals surface area contributed by atoms with Crippen molar-refractivity contribution in [1.29, 1.82) is 0 Å². The molecule has 3 aromatic heterocycles.